The van der Waals surface area contributed by atoms with E-state index in [1.807, 2.05) is 12.3 Å². The summed E-state index contributed by atoms with van der Waals surface area (Å²) in [5.41, 5.74) is 1.82. The molecule has 0 saturated heterocycles. The number of rotatable bonds is 6. The maximum atomic E-state index is 10.8. The van der Waals surface area contributed by atoms with E-state index >= 15 is 0 Å². The van der Waals surface area contributed by atoms with Crippen molar-refractivity contribution in [3.05, 3.63) is 50.0 Å². The monoisotopic (exact) mass is 293 g/mol. The first-order valence-electron chi connectivity index (χ1n) is 6.02. The van der Waals surface area contributed by atoms with Crippen LogP contribution in [0.15, 0.2) is 23.6 Å². The molecule has 1 N–H and O–H groups in total. The molecule has 20 heavy (non-hydrogen) atoms. The third-order valence-electron chi connectivity index (χ3n) is 2.70. The molecule has 6 nitrogen and oxygen atoms in total. The molecular formula is C13H15N3O3S. The number of hydrogen-bond acceptors (Lipinski definition) is 6. The maximum Gasteiger partial charge on any atom is 0.273 e. The highest BCUT2D eigenvalue weighted by molar-refractivity contribution is 7.09. The summed E-state index contributed by atoms with van der Waals surface area (Å²) in [6.07, 6.45) is 0. The van der Waals surface area contributed by atoms with Crippen LogP contribution >= 0.6 is 11.3 Å². The van der Waals surface area contributed by atoms with Crippen LogP contribution in [0, 0.1) is 17.0 Å². The average molecular weight is 293 g/mol. The number of hydrogen-bond donors (Lipinski definition) is 1. The second-order valence-corrected chi connectivity index (χ2v) is 5.32. The van der Waals surface area contributed by atoms with Crippen LogP contribution in [0.3, 0.4) is 0 Å². The summed E-state index contributed by atoms with van der Waals surface area (Å²) in [5.74, 6) is 0.487. The van der Waals surface area contributed by atoms with Crippen molar-refractivity contribution in [2.75, 3.05) is 7.11 Å². The summed E-state index contributed by atoms with van der Waals surface area (Å²) < 4.78 is 5.07. The van der Waals surface area contributed by atoms with Crippen LogP contribution in [0.5, 0.6) is 5.75 Å². The average Bonchev–Trinajstić information content (AvgIpc) is 2.84. The molecule has 2 aromatic rings. The van der Waals surface area contributed by atoms with Gasteiger partial charge >= 0.3 is 0 Å². The third kappa shape index (κ3) is 3.75. The highest BCUT2D eigenvalue weighted by atomic mass is 32.1. The summed E-state index contributed by atoms with van der Waals surface area (Å²) in [6.45, 7) is 3.11. The minimum Gasteiger partial charge on any atom is -0.496 e. The number of thiazole rings is 1. The van der Waals surface area contributed by atoms with Crippen LogP contribution in [-0.2, 0) is 13.1 Å². The van der Waals surface area contributed by atoms with Gasteiger partial charge in [0.2, 0.25) is 0 Å². The Morgan fingerprint density at radius 3 is 2.80 bits per heavy atom. The van der Waals surface area contributed by atoms with E-state index in [0.29, 0.717) is 18.8 Å². The Hall–Kier alpha value is -1.99. The van der Waals surface area contributed by atoms with E-state index in [2.05, 4.69) is 10.3 Å². The van der Waals surface area contributed by atoms with Gasteiger partial charge in [-0.3, -0.25) is 10.1 Å². The fraction of sp³-hybridized carbons (Fsp3) is 0.308. The Kier molecular flexibility index (Phi) is 4.65. The van der Waals surface area contributed by atoms with Crippen LogP contribution in [0.2, 0.25) is 0 Å². The lowest BCUT2D eigenvalue weighted by molar-refractivity contribution is -0.385. The molecule has 7 heteroatoms. The van der Waals surface area contributed by atoms with Crippen LogP contribution in [0.4, 0.5) is 5.69 Å². The van der Waals surface area contributed by atoms with E-state index in [-0.39, 0.29) is 5.69 Å². The SMILES string of the molecule is COc1cc(CNCc2csc(C)n2)cc([N+](=O)[O-])c1. The van der Waals surface area contributed by atoms with E-state index in [9.17, 15) is 10.1 Å². The number of aryl methyl sites for hydroxylation is 1. The van der Waals surface area contributed by atoms with Gasteiger partial charge in [0.15, 0.2) is 0 Å². The van der Waals surface area contributed by atoms with Crippen molar-refractivity contribution in [2.45, 2.75) is 20.0 Å². The van der Waals surface area contributed by atoms with Gasteiger partial charge in [0, 0.05) is 24.5 Å². The molecule has 0 saturated carbocycles. The molecule has 1 heterocycles. The summed E-state index contributed by atoms with van der Waals surface area (Å²) in [4.78, 5) is 14.8. The Bertz CT molecular complexity index is 613. The van der Waals surface area contributed by atoms with E-state index < -0.39 is 4.92 Å². The largest absolute Gasteiger partial charge is 0.496 e. The lowest BCUT2D eigenvalue weighted by Crippen LogP contribution is -2.13. The fourth-order valence-corrected chi connectivity index (χ4v) is 2.41. The zero-order valence-electron chi connectivity index (χ0n) is 11.3. The number of nitrogens with zero attached hydrogens (tertiary/aromatic N) is 2. The lowest BCUT2D eigenvalue weighted by Gasteiger charge is -2.06. The van der Waals surface area contributed by atoms with Gasteiger partial charge in [-0.2, -0.15) is 0 Å². The molecule has 0 atom stereocenters. The smallest absolute Gasteiger partial charge is 0.273 e. The predicted octanol–water partition coefficient (Wildman–Crippen LogP) is 2.66. The highest BCUT2D eigenvalue weighted by Gasteiger charge is 2.10. The van der Waals surface area contributed by atoms with Crippen molar-refractivity contribution in [1.29, 1.82) is 0 Å². The lowest BCUT2D eigenvalue weighted by atomic mass is 10.2. The molecule has 0 spiro atoms. The first-order valence-corrected chi connectivity index (χ1v) is 6.90. The molecule has 0 aliphatic carbocycles. The molecule has 2 rings (SSSR count). The number of nitro benzene ring substituents is 1. The molecule has 1 aromatic heterocycles. The Morgan fingerprint density at radius 1 is 1.40 bits per heavy atom. The number of aromatic nitrogens is 1. The zero-order valence-corrected chi connectivity index (χ0v) is 12.1. The van der Waals surface area contributed by atoms with Crippen molar-refractivity contribution in [2.24, 2.45) is 0 Å². The van der Waals surface area contributed by atoms with Crippen LogP contribution in [0.1, 0.15) is 16.3 Å². The standard InChI is InChI=1S/C13H15N3O3S/c1-9-15-11(8-20-9)7-14-6-10-3-12(16(17)18)5-13(4-10)19-2/h3-5,8,14H,6-7H2,1-2H3. The number of methoxy groups -OCH3 is 1. The molecule has 0 amide bonds. The summed E-state index contributed by atoms with van der Waals surface area (Å²) >= 11 is 1.60. The number of ether oxygens (including phenoxy) is 1. The van der Waals surface area contributed by atoms with Gasteiger partial charge in [-0.1, -0.05) is 0 Å². The minimum atomic E-state index is -0.421. The highest BCUT2D eigenvalue weighted by Crippen LogP contribution is 2.22. The molecule has 0 fully saturated rings. The fourth-order valence-electron chi connectivity index (χ4n) is 1.79. The van der Waals surface area contributed by atoms with Crippen molar-refractivity contribution in [3.8, 4) is 5.75 Å². The van der Waals surface area contributed by atoms with Gasteiger partial charge in [0.1, 0.15) is 5.75 Å². The molecule has 1 aromatic carbocycles. The third-order valence-corrected chi connectivity index (χ3v) is 3.52. The Balaban J connectivity index is 2.01. The Labute approximate surface area is 120 Å². The normalized spacial score (nSPS) is 10.5. The van der Waals surface area contributed by atoms with Gasteiger partial charge in [0.05, 0.1) is 28.8 Å². The number of non-ortho nitro benzene ring substituents is 1. The molecule has 0 radical (unpaired) electrons. The van der Waals surface area contributed by atoms with Gasteiger partial charge in [-0.05, 0) is 18.6 Å². The second kappa shape index (κ2) is 6.44. The molecule has 106 valence electrons. The van der Waals surface area contributed by atoms with Gasteiger partial charge in [-0.15, -0.1) is 11.3 Å². The zero-order chi connectivity index (χ0) is 14.5. The first-order chi connectivity index (χ1) is 9.58. The molecule has 0 aliphatic rings. The van der Waals surface area contributed by atoms with E-state index in [0.717, 1.165) is 16.3 Å². The summed E-state index contributed by atoms with van der Waals surface area (Å²) in [5, 5.41) is 17.1. The Morgan fingerprint density at radius 2 is 2.20 bits per heavy atom. The van der Waals surface area contributed by atoms with Crippen molar-refractivity contribution >= 4 is 17.0 Å². The van der Waals surface area contributed by atoms with Crippen LogP contribution < -0.4 is 10.1 Å². The van der Waals surface area contributed by atoms with Crippen molar-refractivity contribution in [3.63, 3.8) is 0 Å². The van der Waals surface area contributed by atoms with Gasteiger partial charge < -0.3 is 10.1 Å². The van der Waals surface area contributed by atoms with Gasteiger partial charge in [0.25, 0.3) is 5.69 Å². The topological polar surface area (TPSA) is 77.3 Å². The number of nitro groups is 1. The van der Waals surface area contributed by atoms with Gasteiger partial charge in [-0.25, -0.2) is 4.98 Å². The van der Waals surface area contributed by atoms with E-state index in [1.165, 1.54) is 13.2 Å². The van der Waals surface area contributed by atoms with Crippen LogP contribution in [-0.4, -0.2) is 17.0 Å². The van der Waals surface area contributed by atoms with Crippen molar-refractivity contribution < 1.29 is 9.66 Å². The second-order valence-electron chi connectivity index (χ2n) is 4.26. The number of benzene rings is 1. The quantitative estimate of drug-likeness (QED) is 0.654. The van der Waals surface area contributed by atoms with E-state index in [1.54, 1.807) is 23.5 Å². The molecule has 0 aliphatic heterocycles. The summed E-state index contributed by atoms with van der Waals surface area (Å²) in [6, 6.07) is 4.74. The maximum absolute atomic E-state index is 10.8. The minimum absolute atomic E-state index is 0.0330. The molecule has 0 unspecified atom stereocenters. The summed E-state index contributed by atoms with van der Waals surface area (Å²) in [7, 11) is 1.49. The van der Waals surface area contributed by atoms with E-state index in [4.69, 9.17) is 4.74 Å². The molecule has 0 bridgehead atoms. The number of nitrogens with one attached hydrogen (secondary N) is 1. The van der Waals surface area contributed by atoms with Crippen LogP contribution in [0.25, 0.3) is 0 Å². The molecular weight excluding hydrogens is 278 g/mol. The first kappa shape index (κ1) is 14.4. The van der Waals surface area contributed by atoms with Crippen molar-refractivity contribution in [1.82, 2.24) is 10.3 Å². The predicted molar refractivity (Wildman–Crippen MR) is 77.0 cm³/mol.